The van der Waals surface area contributed by atoms with Gasteiger partial charge in [-0.1, -0.05) is 76.6 Å². The van der Waals surface area contributed by atoms with Crippen molar-refractivity contribution < 1.29 is 24.3 Å². The Bertz CT molecular complexity index is 1720. The predicted molar refractivity (Wildman–Crippen MR) is 152 cm³/mol. The van der Waals surface area contributed by atoms with Crippen molar-refractivity contribution in [1.82, 2.24) is 0 Å². The summed E-state index contributed by atoms with van der Waals surface area (Å²) in [6.45, 7) is 0. The van der Waals surface area contributed by atoms with Crippen LogP contribution in [0.5, 0.6) is 0 Å². The van der Waals surface area contributed by atoms with Crippen LogP contribution in [-0.4, -0.2) is 28.8 Å². The van der Waals surface area contributed by atoms with Crippen LogP contribution in [0.2, 0.25) is 0 Å². The van der Waals surface area contributed by atoms with E-state index in [9.17, 15) is 24.3 Å². The van der Waals surface area contributed by atoms with Gasteiger partial charge in [-0.15, -0.1) is 0 Å². The van der Waals surface area contributed by atoms with E-state index in [1.165, 1.54) is 29.2 Å². The quantitative estimate of drug-likeness (QED) is 0.239. The van der Waals surface area contributed by atoms with Crippen LogP contribution in [0.4, 0.5) is 11.4 Å². The zero-order chi connectivity index (χ0) is 27.8. The van der Waals surface area contributed by atoms with Crippen LogP contribution in [0, 0.1) is 11.8 Å². The summed E-state index contributed by atoms with van der Waals surface area (Å²) < 4.78 is -0.835. The molecule has 0 spiro atoms. The van der Waals surface area contributed by atoms with Gasteiger partial charge in [-0.2, -0.15) is 0 Å². The van der Waals surface area contributed by atoms with Crippen molar-refractivity contribution in [3.8, 4) is 0 Å². The summed E-state index contributed by atoms with van der Waals surface area (Å²) >= 11 is 3.99. The highest BCUT2D eigenvalue weighted by Gasteiger charge is 2.67. The molecule has 3 amide bonds. The molecule has 2 bridgehead atoms. The smallest absolute Gasteiger partial charge is 0.337 e. The number of hydrogen-bond donors (Lipinski definition) is 2. The van der Waals surface area contributed by atoms with Crippen molar-refractivity contribution in [2.75, 3.05) is 10.2 Å². The third-order valence-electron chi connectivity index (χ3n) is 8.31. The average Bonchev–Trinajstić information content (AvgIpc) is 3.24. The van der Waals surface area contributed by atoms with E-state index in [1.807, 2.05) is 48.5 Å². The minimum absolute atomic E-state index is 0.0244. The summed E-state index contributed by atoms with van der Waals surface area (Å²) in [4.78, 5) is 53.7. The molecule has 4 aromatic carbocycles. The molecule has 1 heterocycles. The molecule has 0 saturated carbocycles. The lowest BCUT2D eigenvalue weighted by molar-refractivity contribution is -0.122. The molecule has 0 radical (unpaired) electrons. The monoisotopic (exact) mass is 592 g/mol. The lowest BCUT2D eigenvalue weighted by Crippen LogP contribution is -2.50. The fourth-order valence-electron chi connectivity index (χ4n) is 6.67. The van der Waals surface area contributed by atoms with E-state index in [4.69, 9.17) is 0 Å². The van der Waals surface area contributed by atoms with Gasteiger partial charge >= 0.3 is 5.97 Å². The number of alkyl halides is 1. The van der Waals surface area contributed by atoms with Crippen LogP contribution in [0.1, 0.15) is 48.9 Å². The zero-order valence-electron chi connectivity index (χ0n) is 20.9. The third kappa shape index (κ3) is 3.23. The Balaban J connectivity index is 1.23. The Hall–Kier alpha value is -4.56. The maximum atomic E-state index is 14.1. The maximum absolute atomic E-state index is 14.1. The topological polar surface area (TPSA) is 104 Å². The van der Waals surface area contributed by atoms with Gasteiger partial charge in [0.2, 0.25) is 11.8 Å². The van der Waals surface area contributed by atoms with Crippen LogP contribution < -0.4 is 10.2 Å². The number of imide groups is 1. The second-order valence-corrected chi connectivity index (χ2v) is 11.5. The number of rotatable bonds is 4. The Morgan fingerprint density at radius 2 is 1.35 bits per heavy atom. The van der Waals surface area contributed by atoms with Gasteiger partial charge in [0.25, 0.3) is 5.91 Å². The van der Waals surface area contributed by atoms with Crippen molar-refractivity contribution in [3.63, 3.8) is 0 Å². The Labute approximate surface area is 237 Å². The first kappa shape index (κ1) is 24.5. The molecule has 2 N–H and O–H groups in total. The number of halogens is 1. The summed E-state index contributed by atoms with van der Waals surface area (Å²) in [5, 5.41) is 12.0. The molecule has 1 aliphatic heterocycles. The summed E-state index contributed by atoms with van der Waals surface area (Å²) in [6.07, 6.45) is 0. The van der Waals surface area contributed by atoms with Gasteiger partial charge in [-0.05, 0) is 58.7 Å². The fourth-order valence-corrected chi connectivity index (χ4v) is 7.87. The summed E-state index contributed by atoms with van der Waals surface area (Å²) in [7, 11) is 0. The number of carboxylic acids is 1. The predicted octanol–water partition coefficient (Wildman–Crippen LogP) is 5.54. The first-order valence-corrected chi connectivity index (χ1v) is 13.6. The van der Waals surface area contributed by atoms with Gasteiger partial charge in [0.1, 0.15) is 0 Å². The number of benzene rings is 4. The highest BCUT2D eigenvalue weighted by molar-refractivity contribution is 9.09. The van der Waals surface area contributed by atoms with Gasteiger partial charge < -0.3 is 10.4 Å². The average molecular weight is 593 g/mol. The van der Waals surface area contributed by atoms with Gasteiger partial charge in [-0.25, -0.2) is 9.69 Å². The molecule has 0 aromatic heterocycles. The highest BCUT2D eigenvalue weighted by atomic mass is 79.9. The molecule has 1 saturated heterocycles. The Kier molecular flexibility index (Phi) is 5.34. The normalized spacial score (nSPS) is 23.8. The summed E-state index contributed by atoms with van der Waals surface area (Å²) in [5.41, 5.74) is 4.92. The number of carbonyl (C=O) groups is 4. The third-order valence-corrected chi connectivity index (χ3v) is 9.66. The van der Waals surface area contributed by atoms with E-state index in [-0.39, 0.29) is 34.5 Å². The molecule has 2 atom stereocenters. The van der Waals surface area contributed by atoms with E-state index in [1.54, 1.807) is 24.3 Å². The summed E-state index contributed by atoms with van der Waals surface area (Å²) in [6, 6.07) is 28.3. The molecule has 0 unspecified atom stereocenters. The number of carbonyl (C=O) groups excluding carboxylic acids is 3. The van der Waals surface area contributed by atoms with Crippen molar-refractivity contribution in [1.29, 1.82) is 0 Å². The van der Waals surface area contributed by atoms with E-state index < -0.39 is 28.0 Å². The first-order chi connectivity index (χ1) is 19.3. The molecule has 3 aliphatic carbocycles. The number of amides is 3. The maximum Gasteiger partial charge on any atom is 0.337 e. The lowest BCUT2D eigenvalue weighted by Gasteiger charge is -2.51. The van der Waals surface area contributed by atoms with Gasteiger partial charge in [0, 0.05) is 11.5 Å². The second-order valence-electron chi connectivity index (χ2n) is 10.2. The van der Waals surface area contributed by atoms with Crippen molar-refractivity contribution in [3.05, 3.63) is 130 Å². The van der Waals surface area contributed by atoms with Crippen molar-refractivity contribution >= 4 is 51.0 Å². The zero-order valence-corrected chi connectivity index (χ0v) is 22.5. The lowest BCUT2D eigenvalue weighted by atomic mass is 9.55. The Morgan fingerprint density at radius 3 is 1.98 bits per heavy atom. The molecule has 196 valence electrons. The van der Waals surface area contributed by atoms with E-state index in [0.717, 1.165) is 22.3 Å². The van der Waals surface area contributed by atoms with Gasteiger partial charge in [0.15, 0.2) is 0 Å². The number of hydrogen-bond acceptors (Lipinski definition) is 4. The van der Waals surface area contributed by atoms with Crippen LogP contribution in [0.25, 0.3) is 0 Å². The molecule has 7 nitrogen and oxygen atoms in total. The largest absolute Gasteiger partial charge is 0.478 e. The van der Waals surface area contributed by atoms with E-state index in [0.29, 0.717) is 5.69 Å². The molecule has 8 heteroatoms. The SMILES string of the molecule is O=C(Nc1ccccc1C(=O)O)c1ccc(N2C(=O)[C@@H]3[C@@H](C2=O)C2c4ccccc4C3(Br)c3ccccc32)cc1. The molecule has 40 heavy (non-hydrogen) atoms. The molecule has 1 fully saturated rings. The van der Waals surface area contributed by atoms with Gasteiger partial charge in [0.05, 0.1) is 33.1 Å². The van der Waals surface area contributed by atoms with E-state index >= 15 is 0 Å². The fraction of sp³-hybridized carbons (Fsp3) is 0.125. The Morgan fingerprint density at radius 1 is 0.775 bits per heavy atom. The highest BCUT2D eigenvalue weighted by Crippen LogP contribution is 2.66. The van der Waals surface area contributed by atoms with Crippen LogP contribution in [0.3, 0.4) is 0 Å². The van der Waals surface area contributed by atoms with Crippen molar-refractivity contribution in [2.45, 2.75) is 10.2 Å². The molecular weight excluding hydrogens is 572 g/mol. The van der Waals surface area contributed by atoms with Crippen LogP contribution >= 0.6 is 15.9 Å². The number of nitrogens with one attached hydrogen (secondary N) is 1. The number of nitrogens with zero attached hydrogens (tertiary/aromatic N) is 1. The van der Waals surface area contributed by atoms with Gasteiger partial charge in [-0.3, -0.25) is 14.4 Å². The second kappa shape index (κ2) is 8.72. The number of anilines is 2. The van der Waals surface area contributed by atoms with E-state index in [2.05, 4.69) is 21.2 Å². The number of aromatic carboxylic acids is 1. The van der Waals surface area contributed by atoms with Crippen molar-refractivity contribution in [2.24, 2.45) is 11.8 Å². The summed E-state index contributed by atoms with van der Waals surface area (Å²) in [5.74, 6) is -3.62. The number of para-hydroxylation sites is 1. The minimum atomic E-state index is -1.15. The molecule has 4 aromatic rings. The van der Waals surface area contributed by atoms with Crippen LogP contribution in [-0.2, 0) is 13.9 Å². The molecular formula is C32H21BrN2O5. The standard InChI is InChI=1S/C32H21BrN2O5/c33-32-22-10-4-1-7-19(22)25(20-8-2-5-11-23(20)32)26-27(32)30(38)35(29(26)37)18-15-13-17(14-16-18)28(36)34-24-12-6-3-9-21(24)31(39)40/h1-16,25-27H,(H,34,36)(H,39,40)/t25?,26-,27-,32?/m0/s1. The molecule has 4 aliphatic rings. The number of carboxylic acid groups (broad SMARTS) is 1. The van der Waals surface area contributed by atoms with Crippen LogP contribution in [0.15, 0.2) is 97.1 Å². The first-order valence-electron chi connectivity index (χ1n) is 12.8. The molecule has 8 rings (SSSR count). The minimum Gasteiger partial charge on any atom is -0.478 e.